The van der Waals surface area contributed by atoms with E-state index in [4.69, 9.17) is 0 Å². The Morgan fingerprint density at radius 1 is 1.24 bits per heavy atom. The number of guanidine groups is 1. The molecule has 0 amide bonds. The van der Waals surface area contributed by atoms with E-state index in [9.17, 15) is 9.32 Å². The van der Waals surface area contributed by atoms with E-state index in [1.165, 1.54) is 0 Å². The molecule has 0 aromatic heterocycles. The molecule has 1 aromatic rings. The number of aliphatic hydroxyl groups excluding tert-OH is 1. The molecule has 2 atom stereocenters. The first-order chi connectivity index (χ1) is 11.4. The van der Waals surface area contributed by atoms with Gasteiger partial charge in [-0.3, -0.25) is 9.20 Å². The van der Waals surface area contributed by atoms with Crippen molar-refractivity contribution in [3.05, 3.63) is 35.9 Å². The fourth-order valence-corrected chi connectivity index (χ4v) is 3.01. The summed E-state index contributed by atoms with van der Waals surface area (Å²) in [7, 11) is -0.887. The SMILES string of the molecule is CCNC(=NCC(CO)c1ccccc1)NCCS(=O)C(C)(C)C.I. The van der Waals surface area contributed by atoms with Crippen LogP contribution in [0, 0.1) is 0 Å². The molecule has 0 fully saturated rings. The second-order valence-electron chi connectivity index (χ2n) is 6.60. The minimum absolute atomic E-state index is 0. The smallest absolute Gasteiger partial charge is 0.191 e. The maximum absolute atomic E-state index is 12.1. The van der Waals surface area contributed by atoms with E-state index in [1.54, 1.807) is 0 Å². The number of aliphatic hydroxyl groups is 1. The first-order valence-electron chi connectivity index (χ1n) is 8.45. The van der Waals surface area contributed by atoms with E-state index in [2.05, 4.69) is 15.6 Å². The Kier molecular flexibility index (Phi) is 12.3. The van der Waals surface area contributed by atoms with Crippen molar-refractivity contribution in [1.29, 1.82) is 0 Å². The molecule has 2 unspecified atom stereocenters. The summed E-state index contributed by atoms with van der Waals surface area (Å²) in [4.78, 5) is 4.56. The standard InChI is InChI=1S/C18H31N3O2S.HI/c1-5-19-17(20-11-12-24(23)18(2,3)4)21-13-16(14-22)15-9-7-6-8-10-15;/h6-10,16,22H,5,11-14H2,1-4H3,(H2,19,20,21);1H. The van der Waals surface area contributed by atoms with E-state index < -0.39 is 10.8 Å². The Labute approximate surface area is 171 Å². The summed E-state index contributed by atoms with van der Waals surface area (Å²) in [5.74, 6) is 1.25. The quantitative estimate of drug-likeness (QED) is 0.303. The molecule has 0 aliphatic heterocycles. The summed E-state index contributed by atoms with van der Waals surface area (Å²) in [6.07, 6.45) is 0. The minimum Gasteiger partial charge on any atom is -0.396 e. The van der Waals surface area contributed by atoms with Crippen LogP contribution < -0.4 is 10.6 Å². The molecule has 0 heterocycles. The summed E-state index contributed by atoms with van der Waals surface area (Å²) < 4.78 is 11.9. The molecule has 0 aliphatic carbocycles. The lowest BCUT2D eigenvalue weighted by atomic mass is 10.0. The van der Waals surface area contributed by atoms with Gasteiger partial charge in [0.05, 0.1) is 13.2 Å². The molecule has 0 bridgehead atoms. The van der Waals surface area contributed by atoms with Crippen molar-refractivity contribution in [3.63, 3.8) is 0 Å². The van der Waals surface area contributed by atoms with Crippen molar-refractivity contribution in [3.8, 4) is 0 Å². The van der Waals surface area contributed by atoms with E-state index in [-0.39, 0.29) is 41.2 Å². The number of nitrogens with one attached hydrogen (secondary N) is 2. The summed E-state index contributed by atoms with van der Waals surface area (Å²) in [6, 6.07) is 9.90. The lowest BCUT2D eigenvalue weighted by Gasteiger charge is -2.19. The van der Waals surface area contributed by atoms with Crippen LogP contribution in [-0.2, 0) is 10.8 Å². The average molecular weight is 481 g/mol. The molecule has 0 saturated carbocycles. The second kappa shape index (κ2) is 12.6. The topological polar surface area (TPSA) is 73.7 Å². The molecule has 3 N–H and O–H groups in total. The molecule has 7 heteroatoms. The third kappa shape index (κ3) is 9.55. The van der Waals surface area contributed by atoms with Crippen molar-refractivity contribution in [2.45, 2.75) is 38.4 Å². The second-order valence-corrected chi connectivity index (χ2v) is 8.92. The predicted molar refractivity (Wildman–Crippen MR) is 118 cm³/mol. The molecule has 1 aromatic carbocycles. The molecule has 144 valence electrons. The Hall–Kier alpha value is -0.670. The highest BCUT2D eigenvalue weighted by Gasteiger charge is 2.18. The van der Waals surface area contributed by atoms with Crippen LogP contribution in [0.3, 0.4) is 0 Å². The Morgan fingerprint density at radius 2 is 1.88 bits per heavy atom. The van der Waals surface area contributed by atoms with Crippen LogP contribution in [0.15, 0.2) is 35.3 Å². The number of hydrogen-bond donors (Lipinski definition) is 3. The number of aliphatic imine (C=N–C) groups is 1. The third-order valence-corrected chi connectivity index (χ3v) is 5.51. The van der Waals surface area contributed by atoms with Gasteiger partial charge in [0.2, 0.25) is 0 Å². The lowest BCUT2D eigenvalue weighted by Crippen LogP contribution is -2.40. The number of halogens is 1. The predicted octanol–water partition coefficient (Wildman–Crippen LogP) is 2.48. The van der Waals surface area contributed by atoms with Gasteiger partial charge in [-0.15, -0.1) is 24.0 Å². The fraction of sp³-hybridized carbons (Fsp3) is 0.611. The highest BCUT2D eigenvalue weighted by Crippen LogP contribution is 2.15. The molecular weight excluding hydrogens is 449 g/mol. The molecule has 0 aliphatic rings. The van der Waals surface area contributed by atoms with Gasteiger partial charge in [0.25, 0.3) is 0 Å². The van der Waals surface area contributed by atoms with Crippen molar-refractivity contribution in [2.75, 3.05) is 32.0 Å². The van der Waals surface area contributed by atoms with Gasteiger partial charge < -0.3 is 15.7 Å². The maximum Gasteiger partial charge on any atom is 0.191 e. The Balaban J connectivity index is 0.00000576. The number of rotatable bonds is 8. The average Bonchev–Trinajstić information content (AvgIpc) is 2.55. The molecule has 5 nitrogen and oxygen atoms in total. The molecule has 1 rings (SSSR count). The van der Waals surface area contributed by atoms with Gasteiger partial charge in [0.1, 0.15) is 0 Å². The fourth-order valence-electron chi connectivity index (χ4n) is 2.11. The van der Waals surface area contributed by atoms with Crippen molar-refractivity contribution < 1.29 is 9.32 Å². The first-order valence-corrected chi connectivity index (χ1v) is 9.76. The van der Waals surface area contributed by atoms with Gasteiger partial charge in [-0.25, -0.2) is 0 Å². The summed E-state index contributed by atoms with van der Waals surface area (Å²) in [5, 5.41) is 16.0. The summed E-state index contributed by atoms with van der Waals surface area (Å²) in [5.41, 5.74) is 1.08. The molecule has 25 heavy (non-hydrogen) atoms. The number of benzene rings is 1. The summed E-state index contributed by atoms with van der Waals surface area (Å²) in [6.45, 7) is 9.86. The van der Waals surface area contributed by atoms with Gasteiger partial charge in [-0.2, -0.15) is 0 Å². The number of nitrogens with zero attached hydrogens (tertiary/aromatic N) is 1. The molecule has 0 radical (unpaired) electrons. The summed E-state index contributed by atoms with van der Waals surface area (Å²) >= 11 is 0. The van der Waals surface area contributed by atoms with Gasteiger partial charge in [0, 0.05) is 40.3 Å². The molecular formula is C18H32IN3O2S. The van der Waals surface area contributed by atoms with Gasteiger partial charge in [-0.05, 0) is 33.3 Å². The van der Waals surface area contributed by atoms with Crippen LogP contribution in [-0.4, -0.2) is 52.0 Å². The van der Waals surface area contributed by atoms with E-state index in [0.717, 1.165) is 12.1 Å². The maximum atomic E-state index is 12.1. The molecule has 0 saturated heterocycles. The Morgan fingerprint density at radius 3 is 2.40 bits per heavy atom. The zero-order valence-electron chi connectivity index (χ0n) is 15.6. The van der Waals surface area contributed by atoms with Gasteiger partial charge in [0.15, 0.2) is 5.96 Å². The largest absolute Gasteiger partial charge is 0.396 e. The number of hydrogen-bond acceptors (Lipinski definition) is 3. The van der Waals surface area contributed by atoms with E-state index in [1.807, 2.05) is 58.0 Å². The highest BCUT2D eigenvalue weighted by molar-refractivity contribution is 14.0. The van der Waals surface area contributed by atoms with Crippen molar-refractivity contribution in [2.24, 2.45) is 4.99 Å². The van der Waals surface area contributed by atoms with Crippen LogP contribution in [0.5, 0.6) is 0 Å². The van der Waals surface area contributed by atoms with E-state index in [0.29, 0.717) is 24.8 Å². The van der Waals surface area contributed by atoms with Crippen LogP contribution in [0.2, 0.25) is 0 Å². The monoisotopic (exact) mass is 481 g/mol. The van der Waals surface area contributed by atoms with Crippen LogP contribution in [0.25, 0.3) is 0 Å². The minimum atomic E-state index is -0.887. The van der Waals surface area contributed by atoms with Crippen molar-refractivity contribution >= 4 is 40.7 Å². The Bertz CT molecular complexity index is 533. The normalized spacial score (nSPS) is 14.4. The highest BCUT2D eigenvalue weighted by atomic mass is 127. The van der Waals surface area contributed by atoms with E-state index >= 15 is 0 Å². The van der Waals surface area contributed by atoms with Crippen LogP contribution >= 0.6 is 24.0 Å². The third-order valence-electron chi connectivity index (χ3n) is 3.57. The zero-order valence-corrected chi connectivity index (χ0v) is 18.8. The zero-order chi connectivity index (χ0) is 18.0. The van der Waals surface area contributed by atoms with Gasteiger partial charge >= 0.3 is 0 Å². The van der Waals surface area contributed by atoms with Gasteiger partial charge in [-0.1, -0.05) is 30.3 Å². The van der Waals surface area contributed by atoms with Crippen LogP contribution in [0.4, 0.5) is 0 Å². The van der Waals surface area contributed by atoms with Crippen molar-refractivity contribution in [1.82, 2.24) is 10.6 Å². The lowest BCUT2D eigenvalue weighted by molar-refractivity contribution is 0.268. The van der Waals surface area contributed by atoms with Crippen LogP contribution in [0.1, 0.15) is 39.2 Å². The molecule has 0 spiro atoms. The first kappa shape index (κ1) is 24.3.